The molecule has 1 saturated heterocycles. The molecule has 1 atom stereocenters. The van der Waals surface area contributed by atoms with Crippen molar-refractivity contribution in [2.45, 2.75) is 38.6 Å². The summed E-state index contributed by atoms with van der Waals surface area (Å²) in [5.41, 5.74) is 1.41. The fourth-order valence-electron chi connectivity index (χ4n) is 3.49. The van der Waals surface area contributed by atoms with Crippen molar-refractivity contribution in [2.24, 2.45) is 0 Å². The molecule has 1 aromatic heterocycles. The number of nitrogens with zero attached hydrogens (tertiary/aromatic N) is 2. The number of pyridine rings is 1. The molecule has 1 aromatic carbocycles. The second-order valence-corrected chi connectivity index (χ2v) is 6.68. The monoisotopic (exact) mass is 369 g/mol. The van der Waals surface area contributed by atoms with E-state index in [1.54, 1.807) is 20.4 Å². The molecule has 6 nitrogen and oxygen atoms in total. The molecule has 1 fully saturated rings. The van der Waals surface area contributed by atoms with Crippen LogP contribution in [-0.2, 0) is 0 Å². The lowest BCUT2D eigenvalue weighted by Gasteiger charge is -2.35. The van der Waals surface area contributed by atoms with Gasteiger partial charge in [0.25, 0.3) is 5.91 Å². The molecule has 3 rings (SSSR count). The van der Waals surface area contributed by atoms with Crippen LogP contribution in [0.5, 0.6) is 11.5 Å². The Morgan fingerprint density at radius 2 is 2.07 bits per heavy atom. The molecule has 0 bridgehead atoms. The summed E-state index contributed by atoms with van der Waals surface area (Å²) >= 11 is 0. The van der Waals surface area contributed by atoms with Gasteiger partial charge in [0.2, 0.25) is 0 Å². The normalized spacial score (nSPS) is 16.7. The Morgan fingerprint density at radius 3 is 2.74 bits per heavy atom. The summed E-state index contributed by atoms with van der Waals surface area (Å²) in [7, 11) is 3.22. The summed E-state index contributed by atoms with van der Waals surface area (Å²) < 4.78 is 10.6. The zero-order chi connectivity index (χ0) is 19.2. The predicted octanol–water partition coefficient (Wildman–Crippen LogP) is 4.25. The third-order valence-corrected chi connectivity index (χ3v) is 5.04. The molecule has 6 heteroatoms. The molecule has 0 saturated carbocycles. The van der Waals surface area contributed by atoms with E-state index in [0.717, 1.165) is 37.2 Å². The summed E-state index contributed by atoms with van der Waals surface area (Å²) in [4.78, 5) is 19.3. The van der Waals surface area contributed by atoms with Crippen molar-refractivity contribution in [2.75, 3.05) is 26.1 Å². The topological polar surface area (TPSA) is 63.7 Å². The number of nitrogens with one attached hydrogen (secondary N) is 1. The highest BCUT2D eigenvalue weighted by Gasteiger charge is 2.26. The molecule has 1 aliphatic heterocycles. The molecule has 27 heavy (non-hydrogen) atoms. The fraction of sp³-hybridized carbons (Fsp3) is 0.429. The van der Waals surface area contributed by atoms with Crippen molar-refractivity contribution in [3.05, 3.63) is 42.1 Å². The van der Waals surface area contributed by atoms with Gasteiger partial charge in [-0.25, -0.2) is 4.98 Å². The average Bonchev–Trinajstić information content (AvgIpc) is 2.74. The summed E-state index contributed by atoms with van der Waals surface area (Å²) in [5.74, 6) is 2.11. The van der Waals surface area contributed by atoms with E-state index in [0.29, 0.717) is 23.2 Å². The Hall–Kier alpha value is -2.76. The highest BCUT2D eigenvalue weighted by atomic mass is 16.5. The molecule has 2 aromatic rings. The van der Waals surface area contributed by atoms with E-state index in [1.165, 1.54) is 6.42 Å². The number of likely N-dealkylation sites (tertiary alicyclic amines) is 1. The first kappa shape index (κ1) is 19.0. The third kappa shape index (κ3) is 4.32. The summed E-state index contributed by atoms with van der Waals surface area (Å²) in [6.45, 7) is 2.98. The van der Waals surface area contributed by atoms with Crippen LogP contribution in [-0.4, -0.2) is 42.6 Å². The zero-order valence-electron chi connectivity index (χ0n) is 16.2. The van der Waals surface area contributed by atoms with E-state index in [-0.39, 0.29) is 5.91 Å². The van der Waals surface area contributed by atoms with Crippen molar-refractivity contribution in [3.63, 3.8) is 0 Å². The SMILES string of the molecule is CCC1CCCCN1C(=O)c1ccc(Nc2ccc(OC)cc2OC)nc1. The number of aromatic nitrogens is 1. The summed E-state index contributed by atoms with van der Waals surface area (Å²) in [6, 6.07) is 9.52. The quantitative estimate of drug-likeness (QED) is 0.825. The molecule has 1 unspecified atom stereocenters. The van der Waals surface area contributed by atoms with Gasteiger partial charge in [0.05, 0.1) is 25.5 Å². The smallest absolute Gasteiger partial charge is 0.255 e. The molecule has 0 aliphatic carbocycles. The van der Waals surface area contributed by atoms with Crippen LogP contribution in [0.15, 0.2) is 36.5 Å². The minimum Gasteiger partial charge on any atom is -0.497 e. The maximum atomic E-state index is 12.8. The van der Waals surface area contributed by atoms with E-state index >= 15 is 0 Å². The largest absolute Gasteiger partial charge is 0.497 e. The number of ether oxygens (including phenoxy) is 2. The highest BCUT2D eigenvalue weighted by Crippen LogP contribution is 2.31. The number of carbonyl (C=O) groups excluding carboxylic acids is 1. The highest BCUT2D eigenvalue weighted by molar-refractivity contribution is 5.94. The zero-order valence-corrected chi connectivity index (χ0v) is 16.2. The van der Waals surface area contributed by atoms with Crippen molar-refractivity contribution in [1.29, 1.82) is 0 Å². The van der Waals surface area contributed by atoms with Crippen LogP contribution in [0.25, 0.3) is 0 Å². The lowest BCUT2D eigenvalue weighted by Crippen LogP contribution is -2.43. The van der Waals surface area contributed by atoms with E-state index in [9.17, 15) is 4.79 Å². The van der Waals surface area contributed by atoms with E-state index < -0.39 is 0 Å². The van der Waals surface area contributed by atoms with Gasteiger partial charge < -0.3 is 19.7 Å². The van der Waals surface area contributed by atoms with Gasteiger partial charge in [-0.2, -0.15) is 0 Å². The van der Waals surface area contributed by atoms with Crippen molar-refractivity contribution in [3.8, 4) is 11.5 Å². The number of rotatable bonds is 6. The number of benzene rings is 1. The van der Waals surface area contributed by atoms with Crippen LogP contribution in [0, 0.1) is 0 Å². The first-order valence-electron chi connectivity index (χ1n) is 9.42. The standard InChI is InChI=1S/C21H27N3O3/c1-4-16-7-5-6-12-24(16)21(25)15-8-11-20(22-14-15)23-18-10-9-17(26-2)13-19(18)27-3/h8-11,13-14,16H,4-7,12H2,1-3H3,(H,22,23). The van der Waals surface area contributed by atoms with Gasteiger partial charge >= 0.3 is 0 Å². The van der Waals surface area contributed by atoms with Crippen molar-refractivity contribution in [1.82, 2.24) is 9.88 Å². The van der Waals surface area contributed by atoms with Crippen LogP contribution in [0.3, 0.4) is 0 Å². The van der Waals surface area contributed by atoms with Crippen LogP contribution in [0.4, 0.5) is 11.5 Å². The number of carbonyl (C=O) groups is 1. The van der Waals surface area contributed by atoms with Crippen LogP contribution < -0.4 is 14.8 Å². The van der Waals surface area contributed by atoms with Gasteiger partial charge in [-0.05, 0) is 49.9 Å². The van der Waals surface area contributed by atoms with Gasteiger partial charge in [-0.15, -0.1) is 0 Å². The Balaban J connectivity index is 1.73. The first-order chi connectivity index (χ1) is 13.2. The van der Waals surface area contributed by atoms with Gasteiger partial charge in [0.15, 0.2) is 0 Å². The molecule has 0 spiro atoms. The second kappa shape index (κ2) is 8.75. The van der Waals surface area contributed by atoms with Crippen molar-refractivity contribution >= 4 is 17.4 Å². The predicted molar refractivity (Wildman–Crippen MR) is 106 cm³/mol. The fourth-order valence-corrected chi connectivity index (χ4v) is 3.49. The van der Waals surface area contributed by atoms with Gasteiger partial charge in [0, 0.05) is 24.8 Å². The maximum Gasteiger partial charge on any atom is 0.255 e. The third-order valence-electron chi connectivity index (χ3n) is 5.04. The molecular weight excluding hydrogens is 342 g/mol. The van der Waals surface area contributed by atoms with E-state index in [2.05, 4.69) is 17.2 Å². The number of methoxy groups -OCH3 is 2. The maximum absolute atomic E-state index is 12.8. The molecule has 1 amide bonds. The summed E-state index contributed by atoms with van der Waals surface area (Å²) in [5, 5.41) is 3.22. The van der Waals surface area contributed by atoms with Crippen LogP contribution in [0.1, 0.15) is 43.0 Å². The van der Waals surface area contributed by atoms with Gasteiger partial charge in [-0.3, -0.25) is 4.79 Å². The number of hydrogen-bond acceptors (Lipinski definition) is 5. The van der Waals surface area contributed by atoms with E-state index in [4.69, 9.17) is 9.47 Å². The summed E-state index contributed by atoms with van der Waals surface area (Å²) in [6.07, 6.45) is 6.00. The Morgan fingerprint density at radius 1 is 1.22 bits per heavy atom. The Labute approximate surface area is 160 Å². The first-order valence-corrected chi connectivity index (χ1v) is 9.42. The van der Waals surface area contributed by atoms with Crippen molar-refractivity contribution < 1.29 is 14.3 Å². The number of hydrogen-bond donors (Lipinski definition) is 1. The molecule has 0 radical (unpaired) electrons. The average molecular weight is 369 g/mol. The molecular formula is C21H27N3O3. The lowest BCUT2D eigenvalue weighted by molar-refractivity contribution is 0.0607. The van der Waals surface area contributed by atoms with Crippen LogP contribution >= 0.6 is 0 Å². The van der Waals surface area contributed by atoms with Gasteiger partial charge in [0.1, 0.15) is 17.3 Å². The van der Waals surface area contributed by atoms with E-state index in [1.807, 2.05) is 35.2 Å². The Kier molecular flexibility index (Phi) is 6.16. The van der Waals surface area contributed by atoms with Gasteiger partial charge in [-0.1, -0.05) is 6.92 Å². The minimum atomic E-state index is 0.0719. The molecule has 2 heterocycles. The minimum absolute atomic E-state index is 0.0719. The molecule has 1 aliphatic rings. The lowest BCUT2D eigenvalue weighted by atomic mass is 9.99. The number of amides is 1. The van der Waals surface area contributed by atoms with Crippen LogP contribution in [0.2, 0.25) is 0 Å². The number of piperidine rings is 1. The molecule has 1 N–H and O–H groups in total. The second-order valence-electron chi connectivity index (χ2n) is 6.68. The number of anilines is 2. The Bertz CT molecular complexity index is 777. The molecule has 144 valence electrons.